The van der Waals surface area contributed by atoms with Crippen molar-refractivity contribution in [3.8, 4) is 0 Å². The Kier molecular flexibility index (Phi) is 6.11. The summed E-state index contributed by atoms with van der Waals surface area (Å²) in [6.07, 6.45) is 5.56. The van der Waals surface area contributed by atoms with Crippen molar-refractivity contribution < 1.29 is 0 Å². The molecule has 0 saturated carbocycles. The molecular weight excluding hydrogens is 234 g/mol. The normalized spacial score (nSPS) is 27.5. The van der Waals surface area contributed by atoms with E-state index in [1.165, 1.54) is 58.4 Å². The van der Waals surface area contributed by atoms with Gasteiger partial charge >= 0.3 is 0 Å². The average molecular weight is 267 g/mol. The van der Waals surface area contributed by atoms with Crippen LogP contribution in [0.1, 0.15) is 46.5 Å². The molecule has 0 bridgehead atoms. The second kappa shape index (κ2) is 7.61. The lowest BCUT2D eigenvalue weighted by Gasteiger charge is -2.46. The molecule has 0 aliphatic carbocycles. The molecule has 3 nitrogen and oxygen atoms in total. The maximum atomic E-state index is 3.65. The van der Waals surface area contributed by atoms with Crippen LogP contribution in [0, 0.1) is 5.92 Å². The summed E-state index contributed by atoms with van der Waals surface area (Å²) in [5.41, 5.74) is 0. The van der Waals surface area contributed by atoms with E-state index in [9.17, 15) is 0 Å². The van der Waals surface area contributed by atoms with Crippen molar-refractivity contribution in [1.82, 2.24) is 15.1 Å². The molecule has 2 heterocycles. The molecule has 2 fully saturated rings. The Hall–Kier alpha value is -0.120. The SMILES string of the molecule is CCC(CNCC(C)C)N1CCN2CCCCC2C1. The average Bonchev–Trinajstić information content (AvgIpc) is 2.43. The van der Waals surface area contributed by atoms with E-state index in [2.05, 4.69) is 35.9 Å². The lowest BCUT2D eigenvalue weighted by Crippen LogP contribution is -2.58. The second-order valence-electron chi connectivity index (χ2n) is 6.79. The predicted octanol–water partition coefficient (Wildman–Crippen LogP) is 2.18. The van der Waals surface area contributed by atoms with E-state index < -0.39 is 0 Å². The zero-order valence-corrected chi connectivity index (χ0v) is 13.2. The van der Waals surface area contributed by atoms with Crippen LogP contribution in [0.2, 0.25) is 0 Å². The second-order valence-corrected chi connectivity index (χ2v) is 6.79. The third kappa shape index (κ3) is 4.44. The van der Waals surface area contributed by atoms with Crippen molar-refractivity contribution in [2.75, 3.05) is 39.3 Å². The molecule has 2 atom stereocenters. The maximum absolute atomic E-state index is 3.65. The summed E-state index contributed by atoms with van der Waals surface area (Å²) in [6, 6.07) is 1.59. The van der Waals surface area contributed by atoms with E-state index in [1.54, 1.807) is 0 Å². The fourth-order valence-electron chi connectivity index (χ4n) is 3.58. The van der Waals surface area contributed by atoms with Gasteiger partial charge in [-0.1, -0.05) is 27.2 Å². The number of nitrogens with one attached hydrogen (secondary N) is 1. The van der Waals surface area contributed by atoms with Crippen molar-refractivity contribution in [2.45, 2.75) is 58.5 Å². The van der Waals surface area contributed by atoms with Crippen LogP contribution in [-0.2, 0) is 0 Å². The number of fused-ring (bicyclic) bond motifs is 1. The minimum absolute atomic E-state index is 0.739. The zero-order valence-electron chi connectivity index (χ0n) is 13.2. The van der Waals surface area contributed by atoms with Crippen molar-refractivity contribution in [1.29, 1.82) is 0 Å². The number of piperazine rings is 1. The summed E-state index contributed by atoms with van der Waals surface area (Å²) in [6.45, 7) is 14.5. The fourth-order valence-corrected chi connectivity index (χ4v) is 3.58. The van der Waals surface area contributed by atoms with Crippen LogP contribution >= 0.6 is 0 Å². The highest BCUT2D eigenvalue weighted by Crippen LogP contribution is 2.22. The molecule has 0 radical (unpaired) electrons. The van der Waals surface area contributed by atoms with Gasteiger partial charge in [0.2, 0.25) is 0 Å². The van der Waals surface area contributed by atoms with Crippen molar-refractivity contribution in [3.05, 3.63) is 0 Å². The van der Waals surface area contributed by atoms with Crippen LogP contribution in [0.5, 0.6) is 0 Å². The van der Waals surface area contributed by atoms with E-state index in [0.29, 0.717) is 0 Å². The molecule has 0 spiro atoms. The number of hydrogen-bond donors (Lipinski definition) is 1. The van der Waals surface area contributed by atoms with Gasteiger partial charge in [-0.3, -0.25) is 9.80 Å². The summed E-state index contributed by atoms with van der Waals surface area (Å²) in [7, 11) is 0. The Balaban J connectivity index is 1.78. The first-order valence-corrected chi connectivity index (χ1v) is 8.39. The first-order chi connectivity index (χ1) is 9.20. The third-order valence-electron chi connectivity index (χ3n) is 4.79. The van der Waals surface area contributed by atoms with E-state index in [4.69, 9.17) is 0 Å². The van der Waals surface area contributed by atoms with Gasteiger partial charge < -0.3 is 5.32 Å². The Bertz CT molecular complexity index is 254. The van der Waals surface area contributed by atoms with Crippen LogP contribution in [0.25, 0.3) is 0 Å². The monoisotopic (exact) mass is 267 g/mol. The van der Waals surface area contributed by atoms with E-state index in [-0.39, 0.29) is 0 Å². The van der Waals surface area contributed by atoms with Gasteiger partial charge in [-0.05, 0) is 38.3 Å². The Morgan fingerprint density at radius 2 is 1.95 bits per heavy atom. The molecule has 2 aliphatic rings. The van der Waals surface area contributed by atoms with Gasteiger partial charge in [0, 0.05) is 38.3 Å². The van der Waals surface area contributed by atoms with Crippen LogP contribution in [0.3, 0.4) is 0 Å². The molecular formula is C16H33N3. The standard InChI is InChI=1S/C16H33N3/c1-4-15(12-17-11-14(2)3)19-10-9-18-8-6-5-7-16(18)13-19/h14-17H,4-13H2,1-3H3. The first-order valence-electron chi connectivity index (χ1n) is 8.39. The van der Waals surface area contributed by atoms with Crippen LogP contribution in [-0.4, -0.2) is 61.2 Å². The predicted molar refractivity (Wildman–Crippen MR) is 82.6 cm³/mol. The Labute approximate surface area is 119 Å². The summed E-state index contributed by atoms with van der Waals surface area (Å²) in [4.78, 5) is 5.48. The van der Waals surface area contributed by atoms with Gasteiger partial charge in [0.15, 0.2) is 0 Å². The highest BCUT2D eigenvalue weighted by atomic mass is 15.3. The van der Waals surface area contributed by atoms with Gasteiger partial charge in [0.25, 0.3) is 0 Å². The van der Waals surface area contributed by atoms with E-state index in [1.807, 2.05) is 0 Å². The van der Waals surface area contributed by atoms with Gasteiger partial charge in [-0.15, -0.1) is 0 Å². The molecule has 0 aromatic rings. The molecule has 0 amide bonds. The molecule has 112 valence electrons. The molecule has 2 saturated heterocycles. The van der Waals surface area contributed by atoms with Crippen molar-refractivity contribution in [2.24, 2.45) is 5.92 Å². The molecule has 1 N–H and O–H groups in total. The zero-order chi connectivity index (χ0) is 13.7. The summed E-state index contributed by atoms with van der Waals surface area (Å²) in [5, 5.41) is 3.65. The van der Waals surface area contributed by atoms with Gasteiger partial charge in [-0.2, -0.15) is 0 Å². The smallest absolute Gasteiger partial charge is 0.0223 e. The van der Waals surface area contributed by atoms with Crippen LogP contribution < -0.4 is 5.32 Å². The molecule has 2 unspecified atom stereocenters. The topological polar surface area (TPSA) is 18.5 Å². The lowest BCUT2D eigenvalue weighted by atomic mass is 9.98. The summed E-state index contributed by atoms with van der Waals surface area (Å²) in [5.74, 6) is 0.757. The van der Waals surface area contributed by atoms with E-state index >= 15 is 0 Å². The Morgan fingerprint density at radius 3 is 2.68 bits per heavy atom. The van der Waals surface area contributed by atoms with Crippen molar-refractivity contribution >= 4 is 0 Å². The number of hydrogen-bond acceptors (Lipinski definition) is 3. The number of piperidine rings is 1. The molecule has 19 heavy (non-hydrogen) atoms. The largest absolute Gasteiger partial charge is 0.315 e. The first kappa shape index (κ1) is 15.3. The Morgan fingerprint density at radius 1 is 1.11 bits per heavy atom. The van der Waals surface area contributed by atoms with Crippen molar-refractivity contribution in [3.63, 3.8) is 0 Å². The summed E-state index contributed by atoms with van der Waals surface area (Å²) >= 11 is 0. The molecule has 0 aromatic heterocycles. The molecule has 0 aromatic carbocycles. The number of nitrogens with zero attached hydrogens (tertiary/aromatic N) is 2. The third-order valence-corrected chi connectivity index (χ3v) is 4.79. The minimum atomic E-state index is 0.739. The lowest BCUT2D eigenvalue weighted by molar-refractivity contribution is 0.0263. The summed E-state index contributed by atoms with van der Waals surface area (Å²) < 4.78 is 0. The van der Waals surface area contributed by atoms with Crippen LogP contribution in [0.15, 0.2) is 0 Å². The van der Waals surface area contributed by atoms with Gasteiger partial charge in [0.1, 0.15) is 0 Å². The fraction of sp³-hybridized carbons (Fsp3) is 1.00. The highest BCUT2D eigenvalue weighted by molar-refractivity contribution is 4.88. The molecule has 2 aliphatic heterocycles. The maximum Gasteiger partial charge on any atom is 0.0223 e. The quantitative estimate of drug-likeness (QED) is 0.796. The van der Waals surface area contributed by atoms with E-state index in [0.717, 1.165) is 24.5 Å². The minimum Gasteiger partial charge on any atom is -0.315 e. The highest BCUT2D eigenvalue weighted by Gasteiger charge is 2.31. The van der Waals surface area contributed by atoms with Gasteiger partial charge in [0.05, 0.1) is 0 Å². The van der Waals surface area contributed by atoms with Gasteiger partial charge in [-0.25, -0.2) is 0 Å². The molecule has 2 rings (SSSR count). The molecule has 3 heteroatoms. The van der Waals surface area contributed by atoms with Crippen LogP contribution in [0.4, 0.5) is 0 Å². The number of rotatable bonds is 6.